The number of carboxylic acid groups (broad SMARTS) is 1. The van der Waals surface area contributed by atoms with Gasteiger partial charge in [0, 0.05) is 0 Å². The van der Waals surface area contributed by atoms with Crippen LogP contribution in [0.1, 0.15) is 27.4 Å². The topological polar surface area (TPSA) is 88.8 Å². The third-order valence-corrected chi connectivity index (χ3v) is 3.16. The lowest BCUT2D eigenvalue weighted by Gasteiger charge is -2.05. The molecule has 2 N–H and O–H groups in total. The van der Waals surface area contributed by atoms with Crippen molar-refractivity contribution in [3.05, 3.63) is 53.0 Å². The van der Waals surface area contributed by atoms with Crippen molar-refractivity contribution in [3.8, 4) is 5.75 Å². The van der Waals surface area contributed by atoms with Crippen LogP contribution >= 0.6 is 0 Å². The number of amides is 1. The molecule has 0 atom stereocenters. The van der Waals surface area contributed by atoms with Gasteiger partial charge in [-0.15, -0.1) is 0 Å². The molecule has 0 aliphatic heterocycles. The largest absolute Gasteiger partial charge is 0.497 e. The number of carbonyl (C=O) groups excluding carboxylic acids is 1. The molecule has 0 radical (unpaired) electrons. The van der Waals surface area contributed by atoms with Gasteiger partial charge in [0.1, 0.15) is 22.8 Å². The number of furan rings is 1. The number of carbonyl (C=O) groups is 2. The Morgan fingerprint density at radius 2 is 2.09 bits per heavy atom. The van der Waals surface area contributed by atoms with E-state index in [1.54, 1.807) is 26.2 Å². The van der Waals surface area contributed by atoms with Crippen LogP contribution in [0.2, 0.25) is 0 Å². The molecule has 0 fully saturated rings. The predicted molar refractivity (Wildman–Crippen MR) is 78.9 cm³/mol. The molecule has 116 valence electrons. The summed E-state index contributed by atoms with van der Waals surface area (Å²) in [5.74, 6) is 0.200. The highest BCUT2D eigenvalue weighted by Crippen LogP contribution is 2.15. The number of hydrogen-bond donors (Lipinski definition) is 2. The first-order chi connectivity index (χ1) is 10.5. The van der Waals surface area contributed by atoms with Crippen LogP contribution in [0, 0.1) is 6.92 Å². The molecule has 1 amide bonds. The van der Waals surface area contributed by atoms with E-state index in [4.69, 9.17) is 14.3 Å². The number of hydrogen-bond acceptors (Lipinski definition) is 4. The quantitative estimate of drug-likeness (QED) is 0.853. The number of ether oxygens (including phenoxy) is 1. The molecular formula is C16H17NO5. The number of aryl methyl sites for hydroxylation is 1. The lowest BCUT2D eigenvalue weighted by Crippen LogP contribution is -2.24. The van der Waals surface area contributed by atoms with Crippen molar-refractivity contribution in [2.75, 3.05) is 7.11 Å². The van der Waals surface area contributed by atoms with Crippen LogP contribution in [-0.2, 0) is 17.8 Å². The highest BCUT2D eigenvalue weighted by atomic mass is 16.5. The van der Waals surface area contributed by atoms with Crippen molar-refractivity contribution in [1.29, 1.82) is 0 Å². The Morgan fingerprint density at radius 1 is 1.32 bits per heavy atom. The van der Waals surface area contributed by atoms with Gasteiger partial charge in [-0.1, -0.05) is 12.1 Å². The van der Waals surface area contributed by atoms with Gasteiger partial charge in [0.25, 0.3) is 0 Å². The highest BCUT2D eigenvalue weighted by Gasteiger charge is 2.14. The molecule has 0 spiro atoms. The average molecular weight is 303 g/mol. The van der Waals surface area contributed by atoms with E-state index in [1.807, 2.05) is 12.1 Å². The number of methoxy groups -OCH3 is 1. The minimum Gasteiger partial charge on any atom is -0.497 e. The maximum Gasteiger partial charge on any atom is 0.339 e. The molecule has 6 nitrogen and oxygen atoms in total. The molecule has 22 heavy (non-hydrogen) atoms. The zero-order chi connectivity index (χ0) is 16.1. The van der Waals surface area contributed by atoms with Crippen LogP contribution in [-0.4, -0.2) is 24.1 Å². The molecule has 0 saturated carbocycles. The Balaban J connectivity index is 1.92. The normalized spacial score (nSPS) is 10.3. The van der Waals surface area contributed by atoms with E-state index in [9.17, 15) is 9.59 Å². The van der Waals surface area contributed by atoms with E-state index in [-0.39, 0.29) is 24.4 Å². The molecule has 0 saturated heterocycles. The Kier molecular flexibility index (Phi) is 4.83. The second-order valence-electron chi connectivity index (χ2n) is 4.79. The van der Waals surface area contributed by atoms with Gasteiger partial charge in [-0.05, 0) is 30.7 Å². The van der Waals surface area contributed by atoms with Crippen LogP contribution in [0.4, 0.5) is 0 Å². The Hall–Kier alpha value is -2.76. The fourth-order valence-corrected chi connectivity index (χ4v) is 2.06. The Morgan fingerprint density at radius 3 is 2.73 bits per heavy atom. The Bertz CT molecular complexity index is 690. The number of aromatic carboxylic acids is 1. The van der Waals surface area contributed by atoms with E-state index in [0.29, 0.717) is 17.3 Å². The van der Waals surface area contributed by atoms with E-state index >= 15 is 0 Å². The summed E-state index contributed by atoms with van der Waals surface area (Å²) in [5.41, 5.74) is 0.941. The SMILES string of the molecule is COc1cccc(CC(=O)NCc2cc(C(=O)O)c(C)o2)c1. The molecule has 0 aliphatic rings. The molecule has 1 heterocycles. The van der Waals surface area contributed by atoms with Gasteiger partial charge in [-0.3, -0.25) is 4.79 Å². The van der Waals surface area contributed by atoms with E-state index in [0.717, 1.165) is 5.56 Å². The van der Waals surface area contributed by atoms with Crippen molar-refractivity contribution >= 4 is 11.9 Å². The van der Waals surface area contributed by atoms with Gasteiger partial charge in [0.05, 0.1) is 20.1 Å². The van der Waals surface area contributed by atoms with Gasteiger partial charge >= 0.3 is 5.97 Å². The molecule has 2 aromatic rings. The minimum absolute atomic E-state index is 0.108. The third-order valence-electron chi connectivity index (χ3n) is 3.16. The molecule has 1 aromatic carbocycles. The van der Waals surface area contributed by atoms with Gasteiger partial charge in [0.2, 0.25) is 5.91 Å². The fraction of sp³-hybridized carbons (Fsp3) is 0.250. The van der Waals surface area contributed by atoms with Crippen molar-refractivity contribution in [2.24, 2.45) is 0 Å². The molecule has 0 bridgehead atoms. The van der Waals surface area contributed by atoms with Crippen LogP contribution < -0.4 is 10.1 Å². The Labute approximate surface area is 127 Å². The van der Waals surface area contributed by atoms with Crippen LogP contribution in [0.15, 0.2) is 34.7 Å². The number of benzene rings is 1. The standard InChI is InChI=1S/C16H17NO5/c1-10-14(16(19)20)8-13(22-10)9-17-15(18)7-11-4-3-5-12(6-11)21-2/h3-6,8H,7,9H2,1-2H3,(H,17,18)(H,19,20). The van der Waals surface area contributed by atoms with E-state index in [1.165, 1.54) is 6.07 Å². The zero-order valence-electron chi connectivity index (χ0n) is 12.4. The molecule has 0 aliphatic carbocycles. The molecule has 6 heteroatoms. The van der Waals surface area contributed by atoms with E-state index < -0.39 is 5.97 Å². The summed E-state index contributed by atoms with van der Waals surface area (Å²) in [7, 11) is 1.57. The smallest absolute Gasteiger partial charge is 0.339 e. The van der Waals surface area contributed by atoms with Gasteiger partial charge in [-0.2, -0.15) is 0 Å². The second kappa shape index (κ2) is 6.80. The van der Waals surface area contributed by atoms with Crippen molar-refractivity contribution in [2.45, 2.75) is 19.9 Å². The molecule has 2 rings (SSSR count). The monoisotopic (exact) mass is 303 g/mol. The summed E-state index contributed by atoms with van der Waals surface area (Å²) in [6.45, 7) is 1.72. The summed E-state index contributed by atoms with van der Waals surface area (Å²) in [6, 6.07) is 8.67. The second-order valence-corrected chi connectivity index (χ2v) is 4.79. The van der Waals surface area contributed by atoms with Gasteiger partial charge in [0.15, 0.2) is 0 Å². The van der Waals surface area contributed by atoms with Crippen LogP contribution in [0.25, 0.3) is 0 Å². The first-order valence-corrected chi connectivity index (χ1v) is 6.72. The van der Waals surface area contributed by atoms with Gasteiger partial charge < -0.3 is 19.6 Å². The van der Waals surface area contributed by atoms with Crippen LogP contribution in [0.5, 0.6) is 5.75 Å². The zero-order valence-corrected chi connectivity index (χ0v) is 12.4. The predicted octanol–water partition coefficient (Wildman–Crippen LogP) is 2.15. The van der Waals surface area contributed by atoms with Crippen LogP contribution in [0.3, 0.4) is 0 Å². The van der Waals surface area contributed by atoms with Crippen molar-refractivity contribution in [3.63, 3.8) is 0 Å². The summed E-state index contributed by atoms with van der Waals surface area (Å²) in [5, 5.41) is 11.6. The van der Waals surface area contributed by atoms with Crippen molar-refractivity contribution in [1.82, 2.24) is 5.32 Å². The maximum atomic E-state index is 11.9. The number of nitrogens with one attached hydrogen (secondary N) is 1. The summed E-state index contributed by atoms with van der Waals surface area (Å²) < 4.78 is 10.4. The summed E-state index contributed by atoms with van der Waals surface area (Å²) >= 11 is 0. The van der Waals surface area contributed by atoms with Crippen molar-refractivity contribution < 1.29 is 23.8 Å². The third kappa shape index (κ3) is 3.88. The maximum absolute atomic E-state index is 11.9. The molecule has 1 aromatic heterocycles. The highest BCUT2D eigenvalue weighted by molar-refractivity contribution is 5.88. The molecule has 0 unspecified atom stereocenters. The lowest BCUT2D eigenvalue weighted by molar-refractivity contribution is -0.120. The minimum atomic E-state index is -1.05. The fourth-order valence-electron chi connectivity index (χ4n) is 2.06. The number of rotatable bonds is 6. The number of carboxylic acids is 1. The summed E-state index contributed by atoms with van der Waals surface area (Å²) in [4.78, 5) is 22.8. The molecular weight excluding hydrogens is 286 g/mol. The lowest BCUT2D eigenvalue weighted by atomic mass is 10.1. The van der Waals surface area contributed by atoms with E-state index in [2.05, 4.69) is 5.32 Å². The first-order valence-electron chi connectivity index (χ1n) is 6.72. The first kappa shape index (κ1) is 15.6. The van der Waals surface area contributed by atoms with Gasteiger partial charge in [-0.25, -0.2) is 4.79 Å². The average Bonchev–Trinajstić information content (AvgIpc) is 2.86. The summed E-state index contributed by atoms with van der Waals surface area (Å²) in [6.07, 6.45) is 0.211.